The normalized spacial score (nSPS) is 10.5. The number of hydrogen-bond acceptors (Lipinski definition) is 4. The summed E-state index contributed by atoms with van der Waals surface area (Å²) in [5, 5.41) is 3.10. The average molecular weight is 362 g/mol. The minimum absolute atomic E-state index is 0.181. The largest absolute Gasteiger partial charge is 0.497 e. The first kappa shape index (κ1) is 18.5. The third-order valence-corrected chi connectivity index (χ3v) is 4.35. The Hall–Kier alpha value is -3.34. The van der Waals surface area contributed by atoms with E-state index in [2.05, 4.69) is 10.3 Å². The third-order valence-electron chi connectivity index (χ3n) is 4.35. The molecule has 0 atom stereocenters. The second kappa shape index (κ2) is 8.36. The summed E-state index contributed by atoms with van der Waals surface area (Å²) < 4.78 is 10.5. The van der Waals surface area contributed by atoms with Crippen LogP contribution in [0.4, 0.5) is 0 Å². The molecule has 0 bridgehead atoms. The molecule has 3 aromatic rings. The summed E-state index contributed by atoms with van der Waals surface area (Å²) in [6.07, 6.45) is 1.59. The van der Waals surface area contributed by atoms with Crippen LogP contribution in [-0.2, 0) is 0 Å². The summed E-state index contributed by atoms with van der Waals surface area (Å²) in [7, 11) is 3.25. The summed E-state index contributed by atoms with van der Waals surface area (Å²) in [6, 6.07) is 18.6. The van der Waals surface area contributed by atoms with Gasteiger partial charge in [-0.15, -0.1) is 0 Å². The highest BCUT2D eigenvalue weighted by Gasteiger charge is 2.18. The average Bonchev–Trinajstić information content (AvgIpc) is 2.72. The van der Waals surface area contributed by atoms with Gasteiger partial charge >= 0.3 is 0 Å². The van der Waals surface area contributed by atoms with Crippen molar-refractivity contribution in [2.24, 2.45) is 0 Å². The highest BCUT2D eigenvalue weighted by molar-refractivity contribution is 5.94. The first-order chi connectivity index (χ1) is 13.1. The Labute approximate surface area is 159 Å². The van der Waals surface area contributed by atoms with E-state index in [1.54, 1.807) is 26.5 Å². The van der Waals surface area contributed by atoms with Gasteiger partial charge in [0.2, 0.25) is 0 Å². The van der Waals surface area contributed by atoms with Crippen molar-refractivity contribution in [2.45, 2.75) is 13.0 Å². The molecule has 2 aromatic carbocycles. The van der Waals surface area contributed by atoms with Crippen molar-refractivity contribution in [2.75, 3.05) is 14.2 Å². The van der Waals surface area contributed by atoms with E-state index in [0.29, 0.717) is 5.56 Å². The summed E-state index contributed by atoms with van der Waals surface area (Å²) in [6.45, 7) is 1.89. The topological polar surface area (TPSA) is 60.5 Å². The van der Waals surface area contributed by atoms with E-state index in [1.165, 1.54) is 0 Å². The van der Waals surface area contributed by atoms with Crippen molar-refractivity contribution >= 4 is 5.91 Å². The zero-order chi connectivity index (χ0) is 19.2. The molecule has 0 aliphatic carbocycles. The van der Waals surface area contributed by atoms with Crippen molar-refractivity contribution in [3.05, 3.63) is 89.2 Å². The fraction of sp³-hybridized carbons (Fsp3) is 0.182. The highest BCUT2D eigenvalue weighted by Crippen LogP contribution is 2.26. The molecule has 1 N–H and O–H groups in total. The number of nitrogens with one attached hydrogen (secondary N) is 1. The summed E-state index contributed by atoms with van der Waals surface area (Å²) in [4.78, 5) is 17.0. The van der Waals surface area contributed by atoms with Crippen molar-refractivity contribution in [1.82, 2.24) is 10.3 Å². The predicted octanol–water partition coefficient (Wildman–Crippen LogP) is 3.93. The number of ether oxygens (including phenoxy) is 2. The van der Waals surface area contributed by atoms with Gasteiger partial charge in [0.15, 0.2) is 0 Å². The third kappa shape index (κ3) is 4.44. The lowest BCUT2D eigenvalue weighted by molar-refractivity contribution is 0.0942. The quantitative estimate of drug-likeness (QED) is 0.722. The number of aryl methyl sites for hydroxylation is 1. The molecule has 1 heterocycles. The Morgan fingerprint density at radius 1 is 0.852 bits per heavy atom. The molecule has 0 fully saturated rings. The zero-order valence-electron chi connectivity index (χ0n) is 15.6. The van der Waals surface area contributed by atoms with E-state index in [1.807, 2.05) is 61.5 Å². The number of rotatable bonds is 6. The molecule has 0 unspecified atom stereocenters. The molecule has 0 aliphatic rings. The van der Waals surface area contributed by atoms with Crippen molar-refractivity contribution in [3.63, 3.8) is 0 Å². The Morgan fingerprint density at radius 3 is 1.78 bits per heavy atom. The van der Waals surface area contributed by atoms with Crippen LogP contribution in [-0.4, -0.2) is 25.1 Å². The highest BCUT2D eigenvalue weighted by atomic mass is 16.5. The molecule has 0 radical (unpaired) electrons. The van der Waals surface area contributed by atoms with Crippen LogP contribution in [0.3, 0.4) is 0 Å². The van der Waals surface area contributed by atoms with Gasteiger partial charge in [-0.2, -0.15) is 0 Å². The van der Waals surface area contributed by atoms with Gasteiger partial charge in [-0.25, -0.2) is 0 Å². The Balaban J connectivity index is 1.92. The number of hydrogen-bond donors (Lipinski definition) is 1. The van der Waals surface area contributed by atoms with Gasteiger partial charge in [0.25, 0.3) is 5.91 Å². The molecule has 138 valence electrons. The summed E-state index contributed by atoms with van der Waals surface area (Å²) >= 11 is 0. The van der Waals surface area contributed by atoms with Gasteiger partial charge in [-0.05, 0) is 54.4 Å². The number of pyridine rings is 1. The van der Waals surface area contributed by atoms with Crippen molar-refractivity contribution < 1.29 is 14.3 Å². The number of benzene rings is 2. The molecular weight excluding hydrogens is 340 g/mol. The van der Waals surface area contributed by atoms with E-state index in [0.717, 1.165) is 28.3 Å². The molecular formula is C22H22N2O3. The predicted molar refractivity (Wildman–Crippen MR) is 104 cm³/mol. The SMILES string of the molecule is COc1ccc(C(NC(=O)c2ccc(C)nc2)c2ccc(OC)cc2)cc1. The van der Waals surface area contributed by atoms with Gasteiger partial charge in [0, 0.05) is 11.9 Å². The molecule has 3 rings (SSSR count). The maximum Gasteiger partial charge on any atom is 0.253 e. The van der Waals surface area contributed by atoms with Crippen LogP contribution < -0.4 is 14.8 Å². The van der Waals surface area contributed by atoms with Gasteiger partial charge < -0.3 is 14.8 Å². The molecule has 1 aromatic heterocycles. The Kier molecular flexibility index (Phi) is 5.71. The fourth-order valence-electron chi connectivity index (χ4n) is 2.77. The van der Waals surface area contributed by atoms with Crippen LogP contribution in [0, 0.1) is 6.92 Å². The zero-order valence-corrected chi connectivity index (χ0v) is 15.6. The number of aromatic nitrogens is 1. The second-order valence-electron chi connectivity index (χ2n) is 6.14. The first-order valence-electron chi connectivity index (χ1n) is 8.62. The van der Waals surface area contributed by atoms with Crippen LogP contribution in [0.15, 0.2) is 66.9 Å². The number of carbonyl (C=O) groups is 1. The van der Waals surface area contributed by atoms with E-state index < -0.39 is 0 Å². The molecule has 0 saturated carbocycles. The van der Waals surface area contributed by atoms with Crippen molar-refractivity contribution in [3.8, 4) is 11.5 Å². The Bertz CT molecular complexity index is 841. The minimum atomic E-state index is -0.310. The Morgan fingerprint density at radius 2 is 1.37 bits per heavy atom. The van der Waals surface area contributed by atoms with Crippen LogP contribution >= 0.6 is 0 Å². The van der Waals surface area contributed by atoms with E-state index in [-0.39, 0.29) is 11.9 Å². The van der Waals surface area contributed by atoms with Gasteiger partial charge in [-0.3, -0.25) is 9.78 Å². The van der Waals surface area contributed by atoms with Crippen molar-refractivity contribution in [1.29, 1.82) is 0 Å². The molecule has 5 heteroatoms. The van der Waals surface area contributed by atoms with E-state index >= 15 is 0 Å². The van der Waals surface area contributed by atoms with Gasteiger partial charge in [-0.1, -0.05) is 24.3 Å². The van der Waals surface area contributed by atoms with Gasteiger partial charge in [0.05, 0.1) is 25.8 Å². The molecule has 27 heavy (non-hydrogen) atoms. The molecule has 0 spiro atoms. The molecule has 1 amide bonds. The molecule has 0 aliphatic heterocycles. The van der Waals surface area contributed by atoms with E-state index in [4.69, 9.17) is 9.47 Å². The minimum Gasteiger partial charge on any atom is -0.497 e. The summed E-state index contributed by atoms with van der Waals surface area (Å²) in [5.74, 6) is 1.35. The number of amides is 1. The van der Waals surface area contributed by atoms with Crippen LogP contribution in [0.2, 0.25) is 0 Å². The standard InChI is InChI=1S/C22H22N2O3/c1-15-4-5-18(14-23-15)22(25)24-21(16-6-10-19(26-2)11-7-16)17-8-12-20(27-3)13-9-17/h4-14,21H,1-3H3,(H,24,25). The molecule has 5 nitrogen and oxygen atoms in total. The number of nitrogens with zero attached hydrogens (tertiary/aromatic N) is 1. The maximum atomic E-state index is 12.8. The second-order valence-corrected chi connectivity index (χ2v) is 6.14. The van der Waals surface area contributed by atoms with Crippen LogP contribution in [0.1, 0.15) is 33.2 Å². The maximum absolute atomic E-state index is 12.8. The fourth-order valence-corrected chi connectivity index (χ4v) is 2.77. The monoisotopic (exact) mass is 362 g/mol. The number of carbonyl (C=O) groups excluding carboxylic acids is 1. The lowest BCUT2D eigenvalue weighted by atomic mass is 9.98. The smallest absolute Gasteiger partial charge is 0.253 e. The van der Waals surface area contributed by atoms with Crippen LogP contribution in [0.25, 0.3) is 0 Å². The first-order valence-corrected chi connectivity index (χ1v) is 8.62. The molecule has 0 saturated heterocycles. The lowest BCUT2D eigenvalue weighted by Gasteiger charge is -2.20. The number of methoxy groups -OCH3 is 2. The van der Waals surface area contributed by atoms with E-state index in [9.17, 15) is 4.79 Å². The van der Waals surface area contributed by atoms with Crippen LogP contribution in [0.5, 0.6) is 11.5 Å². The lowest BCUT2D eigenvalue weighted by Crippen LogP contribution is -2.29. The van der Waals surface area contributed by atoms with Gasteiger partial charge in [0.1, 0.15) is 11.5 Å². The summed E-state index contributed by atoms with van der Waals surface area (Å²) in [5.41, 5.74) is 3.30.